The monoisotopic (exact) mass is 543 g/mol. The minimum atomic E-state index is -1.16. The lowest BCUT2D eigenvalue weighted by Crippen LogP contribution is -2.47. The van der Waals surface area contributed by atoms with Crippen LogP contribution < -0.4 is 16.2 Å². The number of nitrogens with one attached hydrogen (secondary N) is 2. The highest BCUT2D eigenvalue weighted by Gasteiger charge is 2.34. The van der Waals surface area contributed by atoms with E-state index in [1.165, 1.54) is 9.47 Å². The Morgan fingerprint density at radius 3 is 2.39 bits per heavy atom. The molecule has 1 aromatic heterocycles. The van der Waals surface area contributed by atoms with Crippen LogP contribution in [0, 0.1) is 0 Å². The number of benzene rings is 2. The second kappa shape index (κ2) is 11.0. The number of aromatic nitrogens is 2. The molecule has 0 spiro atoms. The average molecular weight is 544 g/mol. The van der Waals surface area contributed by atoms with Crippen LogP contribution in [0.4, 0.5) is 15.3 Å². The van der Waals surface area contributed by atoms with Gasteiger partial charge in [0.05, 0.1) is 33.3 Å². The van der Waals surface area contributed by atoms with Gasteiger partial charge in [-0.1, -0.05) is 23.7 Å². The molecule has 0 radical (unpaired) electrons. The van der Waals surface area contributed by atoms with Crippen molar-refractivity contribution in [3.63, 3.8) is 0 Å². The number of nitrogens with zero attached hydrogens (tertiary/aromatic N) is 3. The Balaban J connectivity index is 2.12. The lowest BCUT2D eigenvalue weighted by Gasteiger charge is -2.38. The van der Waals surface area contributed by atoms with Crippen molar-refractivity contribution in [2.45, 2.75) is 65.1 Å². The Kier molecular flexibility index (Phi) is 8.38. The van der Waals surface area contributed by atoms with Crippen molar-refractivity contribution in [1.29, 1.82) is 0 Å². The summed E-state index contributed by atoms with van der Waals surface area (Å²) in [6, 6.07) is 10.2. The quantitative estimate of drug-likeness (QED) is 0.325. The third kappa shape index (κ3) is 6.62. The van der Waals surface area contributed by atoms with E-state index in [4.69, 9.17) is 16.6 Å². The zero-order valence-electron chi connectivity index (χ0n) is 22.4. The van der Waals surface area contributed by atoms with Crippen molar-refractivity contribution < 1.29 is 19.8 Å². The molecular formula is C27H34ClN5O5. The third-order valence-corrected chi connectivity index (χ3v) is 6.26. The molecule has 3 amide bonds. The van der Waals surface area contributed by atoms with Crippen LogP contribution in [0.25, 0.3) is 16.6 Å². The van der Waals surface area contributed by atoms with E-state index in [9.17, 15) is 24.6 Å². The van der Waals surface area contributed by atoms with Crippen LogP contribution in [0.1, 0.15) is 59.8 Å². The van der Waals surface area contributed by atoms with Gasteiger partial charge in [0.25, 0.3) is 5.56 Å². The normalized spacial score (nSPS) is 12.7. The number of urea groups is 1. The Hall–Kier alpha value is -3.63. The van der Waals surface area contributed by atoms with Crippen LogP contribution in [0.15, 0.2) is 47.3 Å². The molecule has 4 N–H and O–H groups in total. The molecule has 3 aromatic rings. The van der Waals surface area contributed by atoms with Crippen molar-refractivity contribution in [3.05, 3.63) is 63.7 Å². The molecule has 0 aliphatic rings. The Morgan fingerprint density at radius 2 is 1.79 bits per heavy atom. The van der Waals surface area contributed by atoms with E-state index in [0.717, 1.165) is 0 Å². The largest absolute Gasteiger partial charge is 0.465 e. The second-order valence-electron chi connectivity index (χ2n) is 10.7. The summed E-state index contributed by atoms with van der Waals surface area (Å²) in [4.78, 5) is 44.4. The number of hydrogen-bond acceptors (Lipinski definition) is 5. The molecule has 2 aromatic carbocycles. The number of carboxylic acid groups (broad SMARTS) is 1. The fourth-order valence-electron chi connectivity index (χ4n) is 4.27. The maximum absolute atomic E-state index is 13.8. The Labute approximate surface area is 226 Å². The number of hydrogen-bond donors (Lipinski definition) is 4. The molecule has 0 saturated carbocycles. The van der Waals surface area contributed by atoms with Gasteiger partial charge in [-0.3, -0.25) is 14.3 Å². The Bertz CT molecular complexity index is 1410. The Morgan fingerprint density at radius 1 is 1.13 bits per heavy atom. The minimum absolute atomic E-state index is 0.200. The van der Waals surface area contributed by atoms with Gasteiger partial charge in [0, 0.05) is 17.8 Å². The first-order valence-corrected chi connectivity index (χ1v) is 12.6. The zero-order valence-corrected chi connectivity index (χ0v) is 23.1. The summed E-state index contributed by atoms with van der Waals surface area (Å²) in [5.41, 5.74) is -1.04. The van der Waals surface area contributed by atoms with Crippen LogP contribution in [-0.4, -0.2) is 54.5 Å². The molecule has 0 fully saturated rings. The maximum Gasteiger partial charge on any atom is 0.408 e. The molecule has 204 valence electrons. The number of anilines is 1. The summed E-state index contributed by atoms with van der Waals surface area (Å²) in [6.45, 7) is 10.5. The van der Waals surface area contributed by atoms with E-state index in [0.29, 0.717) is 23.3 Å². The summed E-state index contributed by atoms with van der Waals surface area (Å²) in [5.74, 6) is 0.203. The number of halogens is 1. The highest BCUT2D eigenvalue weighted by atomic mass is 35.5. The van der Waals surface area contributed by atoms with Crippen LogP contribution in [0.5, 0.6) is 0 Å². The molecule has 10 nitrogen and oxygen atoms in total. The molecule has 0 saturated heterocycles. The van der Waals surface area contributed by atoms with E-state index >= 15 is 0 Å². The summed E-state index contributed by atoms with van der Waals surface area (Å²) in [7, 11) is 0. The van der Waals surface area contributed by atoms with Gasteiger partial charge in [-0.25, -0.2) is 14.6 Å². The average Bonchev–Trinajstić information content (AvgIpc) is 2.76. The molecule has 11 heteroatoms. The first kappa shape index (κ1) is 28.9. The van der Waals surface area contributed by atoms with Gasteiger partial charge in [-0.05, 0) is 78.3 Å². The summed E-state index contributed by atoms with van der Waals surface area (Å²) in [5, 5.41) is 25.7. The van der Waals surface area contributed by atoms with E-state index in [2.05, 4.69) is 10.6 Å². The van der Waals surface area contributed by atoms with Crippen molar-refractivity contribution in [3.8, 4) is 5.69 Å². The molecule has 0 bridgehead atoms. The van der Waals surface area contributed by atoms with Gasteiger partial charge in [0.2, 0.25) is 0 Å². The molecule has 3 rings (SSSR count). The standard InChI is InChI=1S/C27H34ClN5O5/c1-16(33(25(36)37)26(2,3)4)22-31-20-12-8-11-19(28)21(20)23(34)32(22)18-10-7-9-17(15-18)30-24(35)29-14-13-27(5,6)38/h7-12,15-16,38H,13-14H2,1-6H3,(H,36,37)(H2,29,30,35)/t16-/m0/s1. The first-order chi connectivity index (χ1) is 17.6. The molecule has 0 unspecified atom stereocenters. The predicted octanol–water partition coefficient (Wildman–Crippen LogP) is 5.16. The molecule has 0 aliphatic carbocycles. The lowest BCUT2D eigenvalue weighted by molar-refractivity contribution is 0.0711. The first-order valence-electron chi connectivity index (χ1n) is 12.2. The maximum atomic E-state index is 13.8. The van der Waals surface area contributed by atoms with Crippen LogP contribution in [0.2, 0.25) is 5.02 Å². The number of carbonyl (C=O) groups excluding carboxylic acids is 1. The summed E-state index contributed by atoms with van der Waals surface area (Å²) in [6.07, 6.45) is -0.788. The smallest absolute Gasteiger partial charge is 0.408 e. The van der Waals surface area contributed by atoms with Crippen molar-refractivity contribution in [1.82, 2.24) is 19.8 Å². The van der Waals surface area contributed by atoms with Crippen molar-refractivity contribution in [2.24, 2.45) is 0 Å². The predicted molar refractivity (Wildman–Crippen MR) is 148 cm³/mol. The van der Waals surface area contributed by atoms with Crippen LogP contribution >= 0.6 is 11.6 Å². The van der Waals surface area contributed by atoms with Gasteiger partial charge in [0.15, 0.2) is 0 Å². The highest BCUT2D eigenvalue weighted by Crippen LogP contribution is 2.30. The van der Waals surface area contributed by atoms with Crippen LogP contribution in [0.3, 0.4) is 0 Å². The highest BCUT2D eigenvalue weighted by molar-refractivity contribution is 6.35. The number of aliphatic hydroxyl groups is 1. The minimum Gasteiger partial charge on any atom is -0.465 e. The number of fused-ring (bicyclic) bond motifs is 1. The SMILES string of the molecule is C[C@@H](c1nc2cccc(Cl)c2c(=O)n1-c1cccc(NC(=O)NCCC(C)(C)O)c1)N(C(=O)O)C(C)(C)C. The molecule has 38 heavy (non-hydrogen) atoms. The molecule has 1 atom stereocenters. The van der Waals surface area contributed by atoms with E-state index in [1.54, 1.807) is 84.0 Å². The molecular weight excluding hydrogens is 510 g/mol. The van der Waals surface area contributed by atoms with Gasteiger partial charge in [-0.15, -0.1) is 0 Å². The fourth-order valence-corrected chi connectivity index (χ4v) is 4.52. The number of rotatable bonds is 7. The number of amides is 3. The van der Waals surface area contributed by atoms with E-state index in [1.807, 2.05) is 0 Å². The van der Waals surface area contributed by atoms with Crippen LogP contribution in [-0.2, 0) is 0 Å². The van der Waals surface area contributed by atoms with Crippen molar-refractivity contribution in [2.75, 3.05) is 11.9 Å². The van der Waals surface area contributed by atoms with E-state index < -0.39 is 34.9 Å². The van der Waals surface area contributed by atoms with Gasteiger partial charge in [0.1, 0.15) is 5.82 Å². The lowest BCUT2D eigenvalue weighted by atomic mass is 10.0. The topological polar surface area (TPSA) is 137 Å². The van der Waals surface area contributed by atoms with E-state index in [-0.39, 0.29) is 22.8 Å². The second-order valence-corrected chi connectivity index (χ2v) is 11.1. The summed E-state index contributed by atoms with van der Waals surface area (Å²) >= 11 is 6.38. The van der Waals surface area contributed by atoms with Gasteiger partial charge in [-0.2, -0.15) is 0 Å². The zero-order chi connectivity index (χ0) is 28.4. The van der Waals surface area contributed by atoms with Crippen molar-refractivity contribution >= 4 is 40.3 Å². The fraction of sp³-hybridized carbons (Fsp3) is 0.407. The van der Waals surface area contributed by atoms with Gasteiger partial charge < -0.3 is 20.8 Å². The third-order valence-electron chi connectivity index (χ3n) is 5.95. The number of carbonyl (C=O) groups is 2. The summed E-state index contributed by atoms with van der Waals surface area (Å²) < 4.78 is 1.33. The van der Waals surface area contributed by atoms with Gasteiger partial charge >= 0.3 is 12.1 Å². The molecule has 0 aliphatic heterocycles. The molecule has 1 heterocycles.